The molecule has 0 aliphatic heterocycles. The summed E-state index contributed by atoms with van der Waals surface area (Å²) in [5.41, 5.74) is 7.37. The molecule has 43 heavy (non-hydrogen) atoms. The van der Waals surface area contributed by atoms with Crippen molar-refractivity contribution in [3.8, 4) is 0 Å². The van der Waals surface area contributed by atoms with E-state index in [4.69, 9.17) is 5.73 Å². The lowest BCUT2D eigenvalue weighted by Gasteiger charge is -2.27. The van der Waals surface area contributed by atoms with Gasteiger partial charge in [0.15, 0.2) is 0 Å². The average molecular weight is 604 g/mol. The topological polar surface area (TPSA) is 98.0 Å². The van der Waals surface area contributed by atoms with Gasteiger partial charge in [-0.1, -0.05) is 84.9 Å². The van der Waals surface area contributed by atoms with E-state index in [0.717, 1.165) is 6.16 Å². The fourth-order valence-electron chi connectivity index (χ4n) is 4.80. The monoisotopic (exact) mass is 603 g/mol. The summed E-state index contributed by atoms with van der Waals surface area (Å²) in [6.45, 7) is 0. The van der Waals surface area contributed by atoms with Gasteiger partial charge in [0.2, 0.25) is 5.95 Å². The largest absolute Gasteiger partial charge is 0.399 e. The molecule has 1 heterocycles. The molecule has 0 saturated carbocycles. The Morgan fingerprint density at radius 2 is 0.977 bits per heavy atom. The van der Waals surface area contributed by atoms with Crippen molar-refractivity contribution in [2.75, 3.05) is 10.5 Å². The summed E-state index contributed by atoms with van der Waals surface area (Å²) in [7, 11) is -5.44. The minimum Gasteiger partial charge on any atom is -0.399 e. The van der Waals surface area contributed by atoms with E-state index in [1.165, 1.54) is 58.1 Å². The third kappa shape index (κ3) is 7.33. The van der Waals surface area contributed by atoms with Gasteiger partial charge in [-0.2, -0.15) is 0 Å². The predicted molar refractivity (Wildman–Crippen MR) is 179 cm³/mol. The molecule has 3 N–H and O–H groups in total. The van der Waals surface area contributed by atoms with E-state index in [1.54, 1.807) is 6.07 Å². The van der Waals surface area contributed by atoms with Crippen LogP contribution < -0.4 is 26.4 Å². The summed E-state index contributed by atoms with van der Waals surface area (Å²) in [4.78, 5) is 7.67. The number of nitrogens with one attached hydrogen (secondary N) is 1. The molecule has 0 saturated heterocycles. The first-order chi connectivity index (χ1) is 21.0. The van der Waals surface area contributed by atoms with Gasteiger partial charge in [0.05, 0.1) is 11.1 Å². The van der Waals surface area contributed by atoms with Gasteiger partial charge in [0.1, 0.15) is 23.2 Å². The van der Waals surface area contributed by atoms with Crippen molar-refractivity contribution in [3.63, 3.8) is 0 Å². The molecule has 0 spiro atoms. The molecule has 6 aromatic rings. The minimum atomic E-state index is -3.66. The Morgan fingerprint density at radius 3 is 1.42 bits per heavy atom. The van der Waals surface area contributed by atoms with E-state index in [0.29, 0.717) is 5.69 Å². The van der Waals surface area contributed by atoms with Crippen LogP contribution in [0.4, 0.5) is 11.6 Å². The van der Waals surface area contributed by atoms with Crippen molar-refractivity contribution >= 4 is 44.8 Å². The molecule has 6 rings (SSSR count). The lowest BCUT2D eigenvalue weighted by Crippen LogP contribution is -2.32. The molecule has 5 aromatic carbocycles. The van der Waals surface area contributed by atoms with Crippen LogP contribution in [0.1, 0.15) is 5.56 Å². The Morgan fingerprint density at radius 1 is 0.558 bits per heavy atom. The lowest BCUT2D eigenvalue weighted by molar-refractivity contribution is 0.601. The molecule has 214 valence electrons. The maximum absolute atomic E-state index is 11.9. The van der Waals surface area contributed by atoms with Gasteiger partial charge in [0.25, 0.3) is 10.0 Å². The molecular weight excluding hydrogens is 571 g/mol. The third-order valence-corrected chi connectivity index (χ3v) is 12.6. The molecule has 0 aliphatic rings. The smallest absolute Gasteiger partial charge is 0.264 e. The Bertz CT molecular complexity index is 1710. The summed E-state index contributed by atoms with van der Waals surface area (Å²) in [5.74, 6) is 0.0318. The second kappa shape index (κ2) is 13.9. The van der Waals surface area contributed by atoms with Crippen molar-refractivity contribution < 1.29 is 8.42 Å². The molecule has 0 bridgehead atoms. The Balaban J connectivity index is 0.000000188. The molecule has 1 aromatic heterocycles. The summed E-state index contributed by atoms with van der Waals surface area (Å²) in [6, 6.07) is 51.5. The quantitative estimate of drug-likeness (QED) is 0.163. The highest BCUT2D eigenvalue weighted by atomic mass is 32.2. The van der Waals surface area contributed by atoms with E-state index in [-0.39, 0.29) is 10.8 Å². The SMILES string of the molecule is Nc1ccc(S(=O)(=O)Nc2ncccn2)cc1.c1ccc(C[P+](c2ccccc2)(c2ccccc2)c2ccccc2)cc1. The van der Waals surface area contributed by atoms with Crippen LogP contribution in [0.25, 0.3) is 0 Å². The molecule has 0 atom stereocenters. The van der Waals surface area contributed by atoms with E-state index in [1.807, 2.05) is 0 Å². The molecule has 6 nitrogen and oxygen atoms in total. The van der Waals surface area contributed by atoms with Crippen LogP contribution in [-0.4, -0.2) is 18.4 Å². The molecule has 8 heteroatoms. The van der Waals surface area contributed by atoms with Crippen LogP contribution in [0.15, 0.2) is 169 Å². The van der Waals surface area contributed by atoms with Gasteiger partial charge >= 0.3 is 0 Å². The molecule has 0 aliphatic carbocycles. The average Bonchev–Trinajstić information content (AvgIpc) is 3.06. The third-order valence-electron chi connectivity index (χ3n) is 6.84. The number of rotatable bonds is 8. The van der Waals surface area contributed by atoms with Gasteiger partial charge in [-0.05, 0) is 72.3 Å². The van der Waals surface area contributed by atoms with E-state index < -0.39 is 17.3 Å². The molecule has 0 amide bonds. The molecule has 0 unspecified atom stereocenters. The van der Waals surface area contributed by atoms with Crippen molar-refractivity contribution in [3.05, 3.63) is 170 Å². The zero-order valence-corrected chi connectivity index (χ0v) is 25.2. The number of benzene rings is 5. The standard InChI is InChI=1S/C25H22P.C10H10N4O2S/c1-5-13-22(14-6-1)21-26(23-15-7-2-8-16-23,24-17-9-3-10-18-24)25-19-11-4-12-20-25;11-8-2-4-9(5-3-8)17(15,16)14-10-12-6-1-7-13-10/h1-20H,21H2;1-7H,11H2,(H,12,13,14)/q+1;. The fraction of sp³-hybridized carbons (Fsp3) is 0.0286. The second-order valence-electron chi connectivity index (χ2n) is 9.71. The number of sulfonamides is 1. The van der Waals surface area contributed by atoms with Crippen molar-refractivity contribution in [1.29, 1.82) is 0 Å². The van der Waals surface area contributed by atoms with E-state index >= 15 is 0 Å². The van der Waals surface area contributed by atoms with Crippen molar-refractivity contribution in [2.45, 2.75) is 11.1 Å². The number of aromatic nitrogens is 2. The zero-order chi connectivity index (χ0) is 30.0. The fourth-order valence-corrected chi connectivity index (χ4v) is 10.0. The normalized spacial score (nSPS) is 11.2. The summed E-state index contributed by atoms with van der Waals surface area (Å²) < 4.78 is 26.0. The maximum Gasteiger partial charge on any atom is 0.264 e. The van der Waals surface area contributed by atoms with E-state index in [2.05, 4.69) is 136 Å². The van der Waals surface area contributed by atoms with Crippen LogP contribution in [0.2, 0.25) is 0 Å². The highest BCUT2D eigenvalue weighted by Crippen LogP contribution is 2.58. The summed E-state index contributed by atoms with van der Waals surface area (Å²) in [5, 5.41) is 4.30. The highest BCUT2D eigenvalue weighted by Gasteiger charge is 2.45. The number of anilines is 2. The molecule has 0 radical (unpaired) electrons. The van der Waals surface area contributed by atoms with Crippen LogP contribution in [-0.2, 0) is 16.2 Å². The number of nitrogens with two attached hydrogens (primary N) is 1. The van der Waals surface area contributed by atoms with Gasteiger partial charge < -0.3 is 5.73 Å². The van der Waals surface area contributed by atoms with Crippen LogP contribution in [0, 0.1) is 0 Å². The first-order valence-corrected chi connectivity index (χ1v) is 17.2. The summed E-state index contributed by atoms with van der Waals surface area (Å²) in [6.07, 6.45) is 3.94. The van der Waals surface area contributed by atoms with Gasteiger partial charge in [0, 0.05) is 18.1 Å². The lowest BCUT2D eigenvalue weighted by atomic mass is 10.2. The minimum absolute atomic E-state index is 0.0318. The van der Waals surface area contributed by atoms with Gasteiger partial charge in [-0.25, -0.2) is 23.1 Å². The van der Waals surface area contributed by atoms with Crippen molar-refractivity contribution in [1.82, 2.24) is 9.97 Å². The molecular formula is C35H32N4O2PS+. The first-order valence-electron chi connectivity index (χ1n) is 13.7. The van der Waals surface area contributed by atoms with E-state index in [9.17, 15) is 8.42 Å². The highest BCUT2D eigenvalue weighted by molar-refractivity contribution is 7.95. The molecule has 0 fully saturated rings. The van der Waals surface area contributed by atoms with Crippen LogP contribution in [0.5, 0.6) is 0 Å². The number of nitrogen functional groups attached to an aromatic ring is 1. The van der Waals surface area contributed by atoms with Gasteiger partial charge in [-0.15, -0.1) is 0 Å². The Hall–Kier alpha value is -4.84. The maximum atomic E-state index is 11.9. The summed E-state index contributed by atoms with van der Waals surface area (Å²) >= 11 is 0. The number of nitrogens with zero attached hydrogens (tertiary/aromatic N) is 2. The van der Waals surface area contributed by atoms with Crippen LogP contribution in [0.3, 0.4) is 0 Å². The van der Waals surface area contributed by atoms with Crippen LogP contribution >= 0.6 is 7.26 Å². The Kier molecular flexibility index (Phi) is 9.57. The predicted octanol–water partition coefficient (Wildman–Crippen LogP) is 6.04. The first kappa shape index (κ1) is 29.6. The Labute approximate surface area is 253 Å². The van der Waals surface area contributed by atoms with Crippen molar-refractivity contribution in [2.24, 2.45) is 0 Å². The zero-order valence-electron chi connectivity index (χ0n) is 23.4. The number of hydrogen-bond donors (Lipinski definition) is 2. The second-order valence-corrected chi connectivity index (χ2v) is 14.9. The number of hydrogen-bond acceptors (Lipinski definition) is 5. The van der Waals surface area contributed by atoms with Gasteiger partial charge in [-0.3, -0.25) is 0 Å².